The standard InChI is InChI=1S/C74H143NO5/c1-3-5-7-9-11-13-15-17-19-34-38-42-46-50-54-58-62-66-72(77)71(70-76)75-73(78)67-63-59-55-51-47-43-39-36-32-30-28-26-24-22-21-23-25-27-29-31-33-37-41-45-49-53-57-61-65-69-80-74(79)68-64-60-56-52-48-44-40-35-20-18-16-14-12-10-8-6-4-2/h18,20-21,23,71-72,76-77H,3-17,19,22,24-70H2,1-2H3,(H,75,78)/b20-18-,23-21-. The highest BCUT2D eigenvalue weighted by molar-refractivity contribution is 5.76. The maximum atomic E-state index is 12.5. The molecule has 0 aromatic rings. The molecule has 0 aliphatic heterocycles. The summed E-state index contributed by atoms with van der Waals surface area (Å²) in [5, 5.41) is 23.4. The normalized spacial score (nSPS) is 12.6. The van der Waals surface area contributed by atoms with Gasteiger partial charge in [-0.05, 0) is 77.0 Å². The minimum absolute atomic E-state index is 0.0140. The Morgan fingerprint density at radius 1 is 0.338 bits per heavy atom. The van der Waals surface area contributed by atoms with E-state index in [0.717, 1.165) is 44.9 Å². The van der Waals surface area contributed by atoms with Crippen molar-refractivity contribution in [3.63, 3.8) is 0 Å². The number of hydrogen-bond donors (Lipinski definition) is 3. The van der Waals surface area contributed by atoms with Gasteiger partial charge in [0.25, 0.3) is 0 Å². The molecule has 0 bridgehead atoms. The van der Waals surface area contributed by atoms with Crippen molar-refractivity contribution >= 4 is 11.9 Å². The van der Waals surface area contributed by atoms with E-state index in [1.54, 1.807) is 0 Å². The smallest absolute Gasteiger partial charge is 0.305 e. The molecule has 1 amide bonds. The molecule has 3 N–H and O–H groups in total. The molecular formula is C74H143NO5. The third kappa shape index (κ3) is 65.5. The van der Waals surface area contributed by atoms with Crippen LogP contribution in [0, 0.1) is 0 Å². The summed E-state index contributed by atoms with van der Waals surface area (Å²) in [4.78, 5) is 24.6. The molecule has 0 aromatic carbocycles. The highest BCUT2D eigenvalue weighted by Gasteiger charge is 2.20. The molecule has 6 heteroatoms. The van der Waals surface area contributed by atoms with E-state index in [0.29, 0.717) is 25.9 Å². The van der Waals surface area contributed by atoms with Gasteiger partial charge in [-0.2, -0.15) is 0 Å². The summed E-state index contributed by atoms with van der Waals surface area (Å²) >= 11 is 0. The summed E-state index contributed by atoms with van der Waals surface area (Å²) in [6.45, 7) is 4.99. The Kier molecular flexibility index (Phi) is 68.4. The molecule has 0 aliphatic rings. The van der Waals surface area contributed by atoms with Crippen molar-refractivity contribution in [1.29, 1.82) is 0 Å². The number of nitrogens with one attached hydrogen (secondary N) is 1. The number of hydrogen-bond acceptors (Lipinski definition) is 5. The Morgan fingerprint density at radius 3 is 0.887 bits per heavy atom. The van der Waals surface area contributed by atoms with E-state index in [4.69, 9.17) is 4.74 Å². The van der Waals surface area contributed by atoms with Crippen molar-refractivity contribution in [2.75, 3.05) is 13.2 Å². The van der Waals surface area contributed by atoms with Gasteiger partial charge in [0.15, 0.2) is 0 Å². The molecule has 0 rings (SSSR count). The van der Waals surface area contributed by atoms with E-state index < -0.39 is 12.1 Å². The lowest BCUT2D eigenvalue weighted by Crippen LogP contribution is -2.45. The first-order chi connectivity index (χ1) is 39.5. The third-order valence-corrected chi connectivity index (χ3v) is 17.2. The number of ether oxygens (including phenoxy) is 1. The molecule has 0 saturated carbocycles. The van der Waals surface area contributed by atoms with Crippen LogP contribution in [-0.4, -0.2) is 47.4 Å². The number of unbranched alkanes of at least 4 members (excludes halogenated alkanes) is 54. The van der Waals surface area contributed by atoms with Gasteiger partial charge >= 0.3 is 5.97 Å². The molecule has 0 spiro atoms. The molecule has 2 atom stereocenters. The number of carbonyl (C=O) groups is 2. The van der Waals surface area contributed by atoms with Gasteiger partial charge in [0, 0.05) is 12.8 Å². The Bertz CT molecular complexity index is 1250. The molecule has 0 radical (unpaired) electrons. The maximum absolute atomic E-state index is 12.5. The number of allylic oxidation sites excluding steroid dienone is 4. The van der Waals surface area contributed by atoms with E-state index in [1.807, 2.05) is 0 Å². The monoisotopic (exact) mass is 1130 g/mol. The van der Waals surface area contributed by atoms with E-state index in [9.17, 15) is 19.8 Å². The predicted octanol–water partition coefficient (Wildman–Crippen LogP) is 23.7. The first kappa shape index (κ1) is 78.3. The molecule has 2 unspecified atom stereocenters. The fraction of sp³-hybridized carbons (Fsp3) is 0.919. The van der Waals surface area contributed by atoms with Crippen LogP contribution in [0.25, 0.3) is 0 Å². The zero-order valence-corrected chi connectivity index (χ0v) is 54.3. The number of aliphatic hydroxyl groups is 2. The molecule has 6 nitrogen and oxygen atoms in total. The van der Waals surface area contributed by atoms with Crippen LogP contribution in [0.4, 0.5) is 0 Å². The lowest BCUT2D eigenvalue weighted by atomic mass is 10.0. The first-order valence-electron chi connectivity index (χ1n) is 36.6. The average molecular weight is 1130 g/mol. The molecule has 0 aliphatic carbocycles. The number of esters is 1. The largest absolute Gasteiger partial charge is 0.466 e. The van der Waals surface area contributed by atoms with Gasteiger partial charge in [-0.3, -0.25) is 9.59 Å². The lowest BCUT2D eigenvalue weighted by Gasteiger charge is -2.22. The van der Waals surface area contributed by atoms with Gasteiger partial charge in [-0.15, -0.1) is 0 Å². The predicted molar refractivity (Wildman–Crippen MR) is 352 cm³/mol. The summed E-state index contributed by atoms with van der Waals surface area (Å²) in [5.74, 6) is -0.0164. The minimum Gasteiger partial charge on any atom is -0.466 e. The highest BCUT2D eigenvalue weighted by atomic mass is 16.5. The van der Waals surface area contributed by atoms with Crippen LogP contribution in [0.3, 0.4) is 0 Å². The second kappa shape index (κ2) is 69.8. The summed E-state index contributed by atoms with van der Waals surface area (Å²) < 4.78 is 5.50. The maximum Gasteiger partial charge on any atom is 0.305 e. The van der Waals surface area contributed by atoms with Crippen molar-refractivity contribution in [1.82, 2.24) is 5.32 Å². The minimum atomic E-state index is -0.664. The van der Waals surface area contributed by atoms with E-state index in [-0.39, 0.29) is 18.5 Å². The Morgan fingerprint density at radius 2 is 0.588 bits per heavy atom. The highest BCUT2D eigenvalue weighted by Crippen LogP contribution is 2.19. The molecule has 0 heterocycles. The van der Waals surface area contributed by atoms with Crippen molar-refractivity contribution < 1.29 is 24.5 Å². The van der Waals surface area contributed by atoms with Gasteiger partial charge in [0.1, 0.15) is 0 Å². The number of rotatable bonds is 69. The molecule has 0 aromatic heterocycles. The molecule has 0 fully saturated rings. The van der Waals surface area contributed by atoms with Gasteiger partial charge in [-0.25, -0.2) is 0 Å². The van der Waals surface area contributed by atoms with Crippen molar-refractivity contribution in [3.8, 4) is 0 Å². The zero-order chi connectivity index (χ0) is 57.8. The third-order valence-electron chi connectivity index (χ3n) is 17.2. The van der Waals surface area contributed by atoms with Crippen LogP contribution >= 0.6 is 0 Å². The van der Waals surface area contributed by atoms with E-state index in [2.05, 4.69) is 43.5 Å². The number of aliphatic hydroxyl groups excluding tert-OH is 2. The fourth-order valence-corrected chi connectivity index (χ4v) is 11.6. The summed E-state index contributed by atoms with van der Waals surface area (Å²) in [6.07, 6.45) is 88.1. The SMILES string of the molecule is CCCCCCCC/C=C\CCCCCCCCCC(=O)OCCCCCCCCCCCCCC/C=C\CCCCCCCCCCCCCCCC(=O)NC(CO)C(O)CCCCCCCCCCCCCCCCCCC. The van der Waals surface area contributed by atoms with Crippen LogP contribution in [0.2, 0.25) is 0 Å². The zero-order valence-electron chi connectivity index (χ0n) is 54.3. The molecular weight excluding hydrogens is 983 g/mol. The van der Waals surface area contributed by atoms with Gasteiger partial charge in [0.2, 0.25) is 5.91 Å². The molecule has 474 valence electrons. The Hall–Kier alpha value is -1.66. The van der Waals surface area contributed by atoms with Crippen LogP contribution in [0.5, 0.6) is 0 Å². The quantitative estimate of drug-likeness (QED) is 0.0320. The Labute approximate surface area is 501 Å². The molecule has 80 heavy (non-hydrogen) atoms. The number of carbonyl (C=O) groups excluding carboxylic acids is 2. The van der Waals surface area contributed by atoms with Gasteiger partial charge in [0.05, 0.1) is 25.4 Å². The molecule has 0 saturated heterocycles. The fourth-order valence-electron chi connectivity index (χ4n) is 11.6. The van der Waals surface area contributed by atoms with E-state index in [1.165, 1.54) is 334 Å². The Balaban J connectivity index is 3.36. The first-order valence-corrected chi connectivity index (χ1v) is 36.6. The summed E-state index contributed by atoms with van der Waals surface area (Å²) in [7, 11) is 0. The van der Waals surface area contributed by atoms with Crippen molar-refractivity contribution in [3.05, 3.63) is 24.3 Å². The second-order valence-electron chi connectivity index (χ2n) is 25.3. The van der Waals surface area contributed by atoms with Crippen LogP contribution in [0.15, 0.2) is 24.3 Å². The summed E-state index contributed by atoms with van der Waals surface area (Å²) in [6, 6.07) is -0.541. The van der Waals surface area contributed by atoms with Crippen LogP contribution < -0.4 is 5.32 Å². The lowest BCUT2D eigenvalue weighted by molar-refractivity contribution is -0.143. The topological polar surface area (TPSA) is 95.9 Å². The number of amides is 1. The van der Waals surface area contributed by atoms with Crippen molar-refractivity contribution in [2.24, 2.45) is 0 Å². The van der Waals surface area contributed by atoms with Crippen molar-refractivity contribution in [2.45, 2.75) is 424 Å². The van der Waals surface area contributed by atoms with E-state index >= 15 is 0 Å². The van der Waals surface area contributed by atoms with Gasteiger partial charge in [-0.1, -0.05) is 346 Å². The van der Waals surface area contributed by atoms with Crippen LogP contribution in [-0.2, 0) is 14.3 Å². The van der Waals surface area contributed by atoms with Crippen LogP contribution in [0.1, 0.15) is 412 Å². The van der Waals surface area contributed by atoms with Gasteiger partial charge < -0.3 is 20.3 Å². The average Bonchev–Trinajstić information content (AvgIpc) is 3.46. The summed E-state index contributed by atoms with van der Waals surface area (Å²) in [5.41, 5.74) is 0. The second-order valence-corrected chi connectivity index (χ2v) is 25.3.